The lowest BCUT2D eigenvalue weighted by atomic mass is 10.0. The van der Waals surface area contributed by atoms with Crippen molar-refractivity contribution in [2.45, 2.75) is 19.3 Å². The summed E-state index contributed by atoms with van der Waals surface area (Å²) in [6, 6.07) is 5.07. The summed E-state index contributed by atoms with van der Waals surface area (Å²) in [6.07, 6.45) is 3.27. The molecule has 0 saturated heterocycles. The van der Waals surface area contributed by atoms with Gasteiger partial charge in [0.1, 0.15) is 5.75 Å². The van der Waals surface area contributed by atoms with Crippen LogP contribution in [0.15, 0.2) is 18.2 Å². The third-order valence-electron chi connectivity index (χ3n) is 3.89. The quantitative estimate of drug-likeness (QED) is 0.746. The predicted octanol–water partition coefficient (Wildman–Crippen LogP) is 1.82. The first-order chi connectivity index (χ1) is 9.60. The van der Waals surface area contributed by atoms with E-state index in [0.717, 1.165) is 25.9 Å². The Morgan fingerprint density at radius 3 is 2.75 bits per heavy atom. The number of nitrogens with one attached hydrogen (secondary N) is 1. The molecular weight excluding hydrogens is 256 g/mol. The molecule has 1 aromatic carbocycles. The lowest BCUT2D eigenvalue weighted by Crippen LogP contribution is -2.31. The van der Waals surface area contributed by atoms with E-state index in [2.05, 4.69) is 5.32 Å². The van der Waals surface area contributed by atoms with Gasteiger partial charge in [-0.15, -0.1) is 0 Å². The van der Waals surface area contributed by atoms with Crippen LogP contribution in [-0.2, 0) is 4.74 Å². The van der Waals surface area contributed by atoms with Crippen LogP contribution in [0.1, 0.15) is 29.6 Å². The molecule has 1 fully saturated rings. The van der Waals surface area contributed by atoms with Crippen LogP contribution in [0.4, 0.5) is 5.69 Å². The average Bonchev–Trinajstić information content (AvgIpc) is 3.23. The van der Waals surface area contributed by atoms with Gasteiger partial charge < -0.3 is 20.5 Å². The second kappa shape index (κ2) is 6.13. The van der Waals surface area contributed by atoms with Crippen LogP contribution in [0.2, 0.25) is 0 Å². The molecule has 0 radical (unpaired) electrons. The number of nitrogen functional groups attached to an aromatic ring is 1. The van der Waals surface area contributed by atoms with Crippen molar-refractivity contribution in [1.29, 1.82) is 0 Å². The predicted molar refractivity (Wildman–Crippen MR) is 77.9 cm³/mol. The zero-order valence-electron chi connectivity index (χ0n) is 12.1. The second-order valence-corrected chi connectivity index (χ2v) is 5.39. The molecule has 0 aromatic heterocycles. The summed E-state index contributed by atoms with van der Waals surface area (Å²) in [5.41, 5.74) is 6.98. The van der Waals surface area contributed by atoms with Crippen LogP contribution in [-0.4, -0.2) is 33.3 Å². The number of hydrogen-bond donors (Lipinski definition) is 2. The Morgan fingerprint density at radius 1 is 1.40 bits per heavy atom. The van der Waals surface area contributed by atoms with Crippen molar-refractivity contribution in [2.75, 3.05) is 33.1 Å². The van der Waals surface area contributed by atoms with Crippen molar-refractivity contribution in [2.24, 2.45) is 5.41 Å². The maximum absolute atomic E-state index is 12.2. The second-order valence-electron chi connectivity index (χ2n) is 5.39. The van der Waals surface area contributed by atoms with Crippen LogP contribution in [0.3, 0.4) is 0 Å². The molecule has 0 heterocycles. The normalized spacial score (nSPS) is 15.7. The van der Waals surface area contributed by atoms with Gasteiger partial charge in [0.05, 0.1) is 12.7 Å². The highest BCUT2D eigenvalue weighted by Gasteiger charge is 2.42. The van der Waals surface area contributed by atoms with E-state index < -0.39 is 0 Å². The molecule has 3 N–H and O–H groups in total. The first-order valence-corrected chi connectivity index (χ1v) is 6.81. The van der Waals surface area contributed by atoms with Crippen LogP contribution < -0.4 is 15.8 Å². The van der Waals surface area contributed by atoms with Gasteiger partial charge in [-0.05, 0) is 42.9 Å². The van der Waals surface area contributed by atoms with Gasteiger partial charge in [0, 0.05) is 25.9 Å². The lowest BCUT2D eigenvalue weighted by molar-refractivity contribution is 0.0935. The molecule has 0 unspecified atom stereocenters. The van der Waals surface area contributed by atoms with Gasteiger partial charge in [-0.2, -0.15) is 0 Å². The molecule has 1 aliphatic rings. The molecule has 110 valence electrons. The van der Waals surface area contributed by atoms with E-state index in [1.807, 2.05) is 0 Å². The SMILES string of the molecule is COCCC1(CNC(=O)c2cc(N)ccc2OC)CC1. The number of amides is 1. The molecule has 1 aliphatic carbocycles. The molecule has 5 nitrogen and oxygen atoms in total. The van der Waals surface area contributed by atoms with Gasteiger partial charge in [-0.25, -0.2) is 0 Å². The van der Waals surface area contributed by atoms with E-state index >= 15 is 0 Å². The summed E-state index contributed by atoms with van der Waals surface area (Å²) in [5.74, 6) is 0.399. The van der Waals surface area contributed by atoms with E-state index in [1.165, 1.54) is 0 Å². The number of carbonyl (C=O) groups is 1. The third-order valence-corrected chi connectivity index (χ3v) is 3.89. The van der Waals surface area contributed by atoms with Gasteiger partial charge >= 0.3 is 0 Å². The van der Waals surface area contributed by atoms with Crippen molar-refractivity contribution in [3.8, 4) is 5.75 Å². The number of nitrogens with two attached hydrogens (primary N) is 1. The summed E-state index contributed by atoms with van der Waals surface area (Å²) in [5, 5.41) is 2.98. The van der Waals surface area contributed by atoms with Crippen molar-refractivity contribution >= 4 is 11.6 Å². The maximum atomic E-state index is 12.2. The molecule has 0 spiro atoms. The van der Waals surface area contributed by atoms with E-state index in [-0.39, 0.29) is 11.3 Å². The molecule has 0 bridgehead atoms. The number of ether oxygens (including phenoxy) is 2. The number of rotatable bonds is 7. The van der Waals surface area contributed by atoms with E-state index in [1.54, 1.807) is 32.4 Å². The average molecular weight is 278 g/mol. The minimum Gasteiger partial charge on any atom is -0.496 e. The van der Waals surface area contributed by atoms with E-state index in [0.29, 0.717) is 23.5 Å². The highest BCUT2D eigenvalue weighted by atomic mass is 16.5. The Bertz CT molecular complexity index is 484. The van der Waals surface area contributed by atoms with Gasteiger partial charge in [-0.1, -0.05) is 0 Å². The maximum Gasteiger partial charge on any atom is 0.255 e. The summed E-state index contributed by atoms with van der Waals surface area (Å²) in [6.45, 7) is 1.41. The molecule has 20 heavy (non-hydrogen) atoms. The standard InChI is InChI=1S/C15H22N2O3/c1-19-8-7-15(5-6-15)10-17-14(18)12-9-11(16)3-4-13(12)20-2/h3-4,9H,5-8,10,16H2,1-2H3,(H,17,18). The molecule has 1 aromatic rings. The molecule has 5 heteroatoms. The summed E-state index contributed by atoms with van der Waals surface area (Å²) in [7, 11) is 3.25. The Morgan fingerprint density at radius 2 is 2.15 bits per heavy atom. The highest BCUT2D eigenvalue weighted by molar-refractivity contribution is 5.97. The fraction of sp³-hybridized carbons (Fsp3) is 0.533. The fourth-order valence-electron chi connectivity index (χ4n) is 2.28. The minimum atomic E-state index is -0.141. The largest absolute Gasteiger partial charge is 0.496 e. The van der Waals surface area contributed by atoms with Crippen LogP contribution in [0, 0.1) is 5.41 Å². The van der Waals surface area contributed by atoms with Gasteiger partial charge in [0.15, 0.2) is 0 Å². The Balaban J connectivity index is 1.97. The van der Waals surface area contributed by atoms with Crippen molar-refractivity contribution in [3.63, 3.8) is 0 Å². The Labute approximate surface area is 119 Å². The zero-order chi connectivity index (χ0) is 14.6. The smallest absolute Gasteiger partial charge is 0.255 e. The third kappa shape index (κ3) is 3.42. The number of carbonyl (C=O) groups excluding carboxylic acids is 1. The van der Waals surface area contributed by atoms with Gasteiger partial charge in [0.2, 0.25) is 0 Å². The number of methoxy groups -OCH3 is 2. The molecule has 0 aliphatic heterocycles. The van der Waals surface area contributed by atoms with E-state index in [9.17, 15) is 4.79 Å². The highest BCUT2D eigenvalue weighted by Crippen LogP contribution is 2.48. The van der Waals surface area contributed by atoms with Crippen molar-refractivity contribution in [3.05, 3.63) is 23.8 Å². The monoisotopic (exact) mass is 278 g/mol. The first kappa shape index (κ1) is 14.7. The summed E-state index contributed by atoms with van der Waals surface area (Å²) in [4.78, 5) is 12.2. The molecule has 1 amide bonds. The molecule has 1 saturated carbocycles. The number of anilines is 1. The van der Waals surface area contributed by atoms with Crippen LogP contribution in [0.5, 0.6) is 5.75 Å². The lowest BCUT2D eigenvalue weighted by Gasteiger charge is -2.16. The summed E-state index contributed by atoms with van der Waals surface area (Å²) < 4.78 is 10.3. The zero-order valence-corrected chi connectivity index (χ0v) is 12.1. The van der Waals surface area contributed by atoms with Crippen molar-refractivity contribution in [1.82, 2.24) is 5.32 Å². The Hall–Kier alpha value is -1.75. The van der Waals surface area contributed by atoms with Crippen LogP contribution in [0.25, 0.3) is 0 Å². The first-order valence-electron chi connectivity index (χ1n) is 6.81. The van der Waals surface area contributed by atoms with Gasteiger partial charge in [0.25, 0.3) is 5.91 Å². The fourth-order valence-corrected chi connectivity index (χ4v) is 2.28. The summed E-state index contributed by atoms with van der Waals surface area (Å²) >= 11 is 0. The van der Waals surface area contributed by atoms with Crippen molar-refractivity contribution < 1.29 is 14.3 Å². The molecule has 2 rings (SSSR count). The Kier molecular flexibility index (Phi) is 4.49. The molecular formula is C15H22N2O3. The minimum absolute atomic E-state index is 0.141. The van der Waals surface area contributed by atoms with Gasteiger partial charge in [-0.3, -0.25) is 4.79 Å². The van der Waals surface area contributed by atoms with E-state index in [4.69, 9.17) is 15.2 Å². The number of hydrogen-bond acceptors (Lipinski definition) is 4. The van der Waals surface area contributed by atoms with Crippen LogP contribution >= 0.6 is 0 Å². The molecule has 0 atom stereocenters. The number of benzene rings is 1. The topological polar surface area (TPSA) is 73.6 Å².